The maximum Gasteiger partial charge on any atom is 0.352 e. The maximum absolute atomic E-state index is 12.7. The van der Waals surface area contributed by atoms with Gasteiger partial charge in [0.1, 0.15) is 24.4 Å². The minimum Gasteiger partial charge on any atom is -0.497 e. The number of benzene rings is 2. The van der Waals surface area contributed by atoms with Crippen LogP contribution >= 0.6 is 0 Å². The van der Waals surface area contributed by atoms with Crippen LogP contribution in [0.25, 0.3) is 16.6 Å². The van der Waals surface area contributed by atoms with E-state index in [-0.39, 0.29) is 6.54 Å². The van der Waals surface area contributed by atoms with Crippen LogP contribution in [-0.2, 0) is 11.3 Å². The predicted molar refractivity (Wildman–Crippen MR) is 108 cm³/mol. The molecule has 0 saturated heterocycles. The van der Waals surface area contributed by atoms with Crippen LogP contribution in [0, 0.1) is 6.92 Å². The Morgan fingerprint density at radius 3 is 2.76 bits per heavy atom. The number of aromatic nitrogens is 4. The van der Waals surface area contributed by atoms with Crippen molar-refractivity contribution in [3.8, 4) is 11.5 Å². The fraction of sp³-hybridized carbons (Fsp3) is 0.200. The Kier molecular flexibility index (Phi) is 4.63. The van der Waals surface area contributed by atoms with Crippen molar-refractivity contribution < 1.29 is 14.3 Å². The first kappa shape index (κ1) is 18.5. The molecular formula is C20H19N5O4. The van der Waals surface area contributed by atoms with Gasteiger partial charge in [-0.05, 0) is 30.7 Å². The number of aryl methyl sites for hydroxylation is 1. The van der Waals surface area contributed by atoms with Crippen molar-refractivity contribution >= 4 is 28.1 Å². The fourth-order valence-corrected chi connectivity index (χ4v) is 3.16. The van der Waals surface area contributed by atoms with Crippen LogP contribution in [0.1, 0.15) is 5.56 Å². The number of carbonyl (C=O) groups is 1. The van der Waals surface area contributed by atoms with Crippen LogP contribution in [-0.4, -0.2) is 39.3 Å². The lowest BCUT2D eigenvalue weighted by atomic mass is 10.1. The lowest BCUT2D eigenvalue weighted by Gasteiger charge is -2.11. The van der Waals surface area contributed by atoms with Crippen LogP contribution in [0.4, 0.5) is 5.69 Å². The molecule has 0 saturated carbocycles. The Morgan fingerprint density at radius 2 is 2.00 bits per heavy atom. The number of nitrogens with one attached hydrogen (secondary N) is 1. The molecule has 0 aliphatic rings. The second-order valence-electron chi connectivity index (χ2n) is 6.46. The smallest absolute Gasteiger partial charge is 0.352 e. The summed E-state index contributed by atoms with van der Waals surface area (Å²) in [4.78, 5) is 29.5. The van der Waals surface area contributed by atoms with E-state index in [0.29, 0.717) is 22.8 Å². The molecule has 2 aromatic carbocycles. The molecule has 9 nitrogen and oxygen atoms in total. The van der Waals surface area contributed by atoms with Crippen LogP contribution in [0.15, 0.2) is 47.5 Å². The summed E-state index contributed by atoms with van der Waals surface area (Å²) < 4.78 is 12.9. The lowest BCUT2D eigenvalue weighted by Crippen LogP contribution is -2.28. The van der Waals surface area contributed by atoms with Gasteiger partial charge in [0.2, 0.25) is 5.91 Å². The number of carbonyl (C=O) groups excluding carboxylic acids is 1. The van der Waals surface area contributed by atoms with E-state index >= 15 is 0 Å². The summed E-state index contributed by atoms with van der Waals surface area (Å²) in [5.74, 6) is 0.643. The molecule has 0 aliphatic carbocycles. The highest BCUT2D eigenvalue weighted by Crippen LogP contribution is 2.29. The van der Waals surface area contributed by atoms with Gasteiger partial charge in [-0.15, -0.1) is 5.10 Å². The van der Waals surface area contributed by atoms with Gasteiger partial charge in [0.15, 0.2) is 5.65 Å². The fourth-order valence-electron chi connectivity index (χ4n) is 3.16. The van der Waals surface area contributed by atoms with Crippen molar-refractivity contribution in [1.82, 2.24) is 19.2 Å². The first-order valence-corrected chi connectivity index (χ1v) is 8.87. The van der Waals surface area contributed by atoms with Gasteiger partial charge in [-0.1, -0.05) is 12.1 Å². The predicted octanol–water partition coefficient (Wildman–Crippen LogP) is 2.01. The minimum atomic E-state index is -0.437. The van der Waals surface area contributed by atoms with E-state index in [1.54, 1.807) is 25.3 Å². The van der Waals surface area contributed by atoms with Gasteiger partial charge >= 0.3 is 5.69 Å². The first-order valence-electron chi connectivity index (χ1n) is 8.87. The van der Waals surface area contributed by atoms with Crippen molar-refractivity contribution in [3.05, 3.63) is 58.8 Å². The SMILES string of the molecule is COc1ccc(NC(=O)Cn2nc3c4cccc(C)c4ncn3c2=O)c(OC)c1. The summed E-state index contributed by atoms with van der Waals surface area (Å²) >= 11 is 0. The lowest BCUT2D eigenvalue weighted by molar-refractivity contribution is -0.117. The molecule has 1 amide bonds. The number of rotatable bonds is 5. The van der Waals surface area contributed by atoms with Gasteiger partial charge < -0.3 is 14.8 Å². The molecule has 0 spiro atoms. The van der Waals surface area contributed by atoms with E-state index in [1.165, 1.54) is 17.8 Å². The van der Waals surface area contributed by atoms with E-state index in [2.05, 4.69) is 15.4 Å². The van der Waals surface area contributed by atoms with E-state index < -0.39 is 11.6 Å². The number of nitrogens with zero attached hydrogens (tertiary/aromatic N) is 4. The molecule has 4 rings (SSSR count). The Labute approximate surface area is 165 Å². The highest BCUT2D eigenvalue weighted by molar-refractivity contribution is 5.93. The number of methoxy groups -OCH3 is 2. The van der Waals surface area contributed by atoms with E-state index in [9.17, 15) is 9.59 Å². The number of hydrogen-bond acceptors (Lipinski definition) is 6. The van der Waals surface area contributed by atoms with Crippen LogP contribution in [0.3, 0.4) is 0 Å². The normalized spacial score (nSPS) is 11.0. The zero-order valence-electron chi connectivity index (χ0n) is 16.2. The Balaban J connectivity index is 1.65. The summed E-state index contributed by atoms with van der Waals surface area (Å²) in [6, 6.07) is 10.7. The van der Waals surface area contributed by atoms with Crippen LogP contribution in [0.5, 0.6) is 11.5 Å². The van der Waals surface area contributed by atoms with Crippen molar-refractivity contribution in [2.45, 2.75) is 13.5 Å². The van der Waals surface area contributed by atoms with Crippen molar-refractivity contribution in [2.24, 2.45) is 0 Å². The first-order chi connectivity index (χ1) is 14.0. The second-order valence-corrected chi connectivity index (χ2v) is 6.46. The van der Waals surface area contributed by atoms with Gasteiger partial charge in [-0.3, -0.25) is 4.79 Å². The van der Waals surface area contributed by atoms with E-state index in [1.807, 2.05) is 25.1 Å². The molecular weight excluding hydrogens is 374 g/mol. The molecule has 0 radical (unpaired) electrons. The molecule has 0 unspecified atom stereocenters. The van der Waals surface area contributed by atoms with Crippen molar-refractivity contribution in [1.29, 1.82) is 0 Å². The highest BCUT2D eigenvalue weighted by Gasteiger charge is 2.15. The van der Waals surface area contributed by atoms with Gasteiger partial charge in [-0.25, -0.2) is 18.9 Å². The number of para-hydroxylation sites is 1. The molecule has 1 N–H and O–H groups in total. The molecule has 2 heterocycles. The summed E-state index contributed by atoms with van der Waals surface area (Å²) in [5.41, 5.74) is 2.24. The van der Waals surface area contributed by atoms with Gasteiger partial charge in [0, 0.05) is 11.5 Å². The standard InChI is InChI=1S/C20H19N5O4/c1-12-5-4-6-14-18(12)21-11-24-19(14)23-25(20(24)27)10-17(26)22-15-8-7-13(28-2)9-16(15)29-3/h4-9,11H,10H2,1-3H3,(H,22,26). The minimum absolute atomic E-state index is 0.247. The van der Waals surface area contributed by atoms with E-state index in [4.69, 9.17) is 9.47 Å². The Morgan fingerprint density at radius 1 is 1.17 bits per heavy atom. The molecule has 148 valence electrons. The average Bonchev–Trinajstić information content (AvgIpc) is 3.04. The van der Waals surface area contributed by atoms with Gasteiger partial charge in [0.25, 0.3) is 0 Å². The number of amides is 1. The zero-order chi connectivity index (χ0) is 20.5. The monoisotopic (exact) mass is 393 g/mol. The van der Waals surface area contributed by atoms with Gasteiger partial charge in [0.05, 0.1) is 25.4 Å². The quantitative estimate of drug-likeness (QED) is 0.557. The second kappa shape index (κ2) is 7.27. The largest absolute Gasteiger partial charge is 0.497 e. The summed E-state index contributed by atoms with van der Waals surface area (Å²) in [5, 5.41) is 7.83. The molecule has 4 aromatic rings. The third kappa shape index (κ3) is 3.27. The topological polar surface area (TPSA) is 99.7 Å². The van der Waals surface area contributed by atoms with Crippen molar-refractivity contribution in [2.75, 3.05) is 19.5 Å². The van der Waals surface area contributed by atoms with Gasteiger partial charge in [-0.2, -0.15) is 0 Å². The number of hydrogen-bond donors (Lipinski definition) is 1. The molecule has 0 fully saturated rings. The Hall–Kier alpha value is -3.88. The van der Waals surface area contributed by atoms with Crippen LogP contribution in [0.2, 0.25) is 0 Å². The Bertz CT molecular complexity index is 1290. The van der Waals surface area contributed by atoms with E-state index in [0.717, 1.165) is 21.1 Å². The summed E-state index contributed by atoms with van der Waals surface area (Å²) in [6.07, 6.45) is 1.43. The molecule has 9 heteroatoms. The summed E-state index contributed by atoms with van der Waals surface area (Å²) in [7, 11) is 3.04. The molecule has 0 atom stereocenters. The third-order valence-electron chi connectivity index (χ3n) is 4.63. The maximum atomic E-state index is 12.7. The molecule has 0 bridgehead atoms. The van der Waals surface area contributed by atoms with Crippen LogP contribution < -0.4 is 20.5 Å². The average molecular weight is 393 g/mol. The molecule has 0 aliphatic heterocycles. The number of fused-ring (bicyclic) bond motifs is 3. The molecule has 2 aromatic heterocycles. The number of ether oxygens (including phenoxy) is 2. The number of anilines is 1. The van der Waals surface area contributed by atoms with Crippen molar-refractivity contribution in [3.63, 3.8) is 0 Å². The molecule has 29 heavy (non-hydrogen) atoms. The third-order valence-corrected chi connectivity index (χ3v) is 4.63. The summed E-state index contributed by atoms with van der Waals surface area (Å²) in [6.45, 7) is 1.69. The highest BCUT2D eigenvalue weighted by atomic mass is 16.5. The zero-order valence-corrected chi connectivity index (χ0v) is 16.2.